The van der Waals surface area contributed by atoms with Crippen LogP contribution in [-0.4, -0.2) is 41.6 Å². The molecule has 0 aromatic heterocycles. The van der Waals surface area contributed by atoms with Crippen LogP contribution >= 0.6 is 0 Å². The van der Waals surface area contributed by atoms with Crippen molar-refractivity contribution in [1.29, 1.82) is 0 Å². The molecule has 1 aliphatic carbocycles. The Bertz CT molecular complexity index is 363. The van der Waals surface area contributed by atoms with Crippen LogP contribution in [0.5, 0.6) is 0 Å². The van der Waals surface area contributed by atoms with E-state index in [0.717, 1.165) is 12.8 Å². The van der Waals surface area contributed by atoms with Crippen molar-refractivity contribution in [3.8, 4) is 0 Å². The number of rotatable bonds is 6. The molecule has 0 radical (unpaired) electrons. The zero-order valence-electron chi connectivity index (χ0n) is 11.0. The second-order valence-electron chi connectivity index (χ2n) is 4.84. The Morgan fingerprint density at radius 1 is 1.37 bits per heavy atom. The molecule has 1 atom stereocenters. The molecular formula is C12H20N2O5. The minimum atomic E-state index is -1.18. The molecule has 0 bridgehead atoms. The number of carboxylic acid groups (broad SMARTS) is 1. The molecule has 4 N–H and O–H groups in total. The van der Waals surface area contributed by atoms with Gasteiger partial charge in [0.15, 0.2) is 0 Å². The lowest BCUT2D eigenvalue weighted by Gasteiger charge is -2.24. The van der Waals surface area contributed by atoms with E-state index in [9.17, 15) is 14.4 Å². The van der Waals surface area contributed by atoms with Crippen LogP contribution in [0.2, 0.25) is 0 Å². The first-order valence-electron chi connectivity index (χ1n) is 6.28. The highest BCUT2D eigenvalue weighted by Gasteiger charge is 2.38. The Hall–Kier alpha value is -1.63. The molecule has 1 rings (SSSR count). The molecule has 1 amide bonds. The summed E-state index contributed by atoms with van der Waals surface area (Å²) in [7, 11) is 1.23. The number of hydrogen-bond acceptors (Lipinski definition) is 5. The number of carbonyl (C=O) groups is 3. The average molecular weight is 272 g/mol. The summed E-state index contributed by atoms with van der Waals surface area (Å²) in [5, 5.41) is 11.4. The zero-order valence-corrected chi connectivity index (χ0v) is 11.0. The van der Waals surface area contributed by atoms with Crippen LogP contribution in [0, 0.1) is 0 Å². The van der Waals surface area contributed by atoms with Crippen molar-refractivity contribution in [1.82, 2.24) is 5.32 Å². The van der Waals surface area contributed by atoms with E-state index in [4.69, 9.17) is 10.8 Å². The number of hydrogen-bond donors (Lipinski definition) is 3. The number of ether oxygens (including phenoxy) is 1. The molecule has 1 fully saturated rings. The van der Waals surface area contributed by atoms with Crippen molar-refractivity contribution in [2.75, 3.05) is 7.11 Å². The van der Waals surface area contributed by atoms with Crippen LogP contribution in [0.1, 0.15) is 38.5 Å². The van der Waals surface area contributed by atoms with Crippen LogP contribution < -0.4 is 11.1 Å². The smallest absolute Gasteiger partial charge is 0.326 e. The molecule has 19 heavy (non-hydrogen) atoms. The zero-order chi connectivity index (χ0) is 14.5. The number of esters is 1. The third-order valence-corrected chi connectivity index (χ3v) is 3.42. The number of carbonyl (C=O) groups excluding carboxylic acids is 2. The van der Waals surface area contributed by atoms with Gasteiger partial charge in [-0.3, -0.25) is 9.59 Å². The van der Waals surface area contributed by atoms with Crippen LogP contribution in [0.3, 0.4) is 0 Å². The third-order valence-electron chi connectivity index (χ3n) is 3.42. The van der Waals surface area contributed by atoms with Gasteiger partial charge in [-0.25, -0.2) is 4.79 Å². The normalized spacial score (nSPS) is 18.6. The van der Waals surface area contributed by atoms with E-state index in [1.807, 2.05) is 0 Å². The number of aliphatic carboxylic acids is 1. The fourth-order valence-corrected chi connectivity index (χ4v) is 2.16. The van der Waals surface area contributed by atoms with Crippen molar-refractivity contribution >= 4 is 17.8 Å². The topological polar surface area (TPSA) is 119 Å². The summed E-state index contributed by atoms with van der Waals surface area (Å²) in [5.74, 6) is -2.15. The highest BCUT2D eigenvalue weighted by molar-refractivity contribution is 5.90. The van der Waals surface area contributed by atoms with Gasteiger partial charge in [-0.15, -0.1) is 0 Å². The molecule has 0 aliphatic heterocycles. The van der Waals surface area contributed by atoms with E-state index in [2.05, 4.69) is 10.1 Å². The highest BCUT2D eigenvalue weighted by atomic mass is 16.5. The van der Waals surface area contributed by atoms with Gasteiger partial charge in [0.25, 0.3) is 0 Å². The third kappa shape index (κ3) is 4.20. The Morgan fingerprint density at radius 3 is 2.42 bits per heavy atom. The molecule has 0 aromatic rings. The first-order chi connectivity index (χ1) is 8.89. The number of nitrogens with two attached hydrogens (primary N) is 1. The van der Waals surface area contributed by atoms with E-state index >= 15 is 0 Å². The van der Waals surface area contributed by atoms with Crippen molar-refractivity contribution in [2.24, 2.45) is 5.73 Å². The lowest BCUT2D eigenvalue weighted by Crippen LogP contribution is -2.56. The first kappa shape index (κ1) is 15.4. The van der Waals surface area contributed by atoms with Gasteiger partial charge >= 0.3 is 11.9 Å². The van der Waals surface area contributed by atoms with E-state index in [1.165, 1.54) is 7.11 Å². The standard InChI is InChI=1S/C12H20N2O5/c1-19-9(15)5-4-8(10(16)17)14-11(18)12(13)6-2-3-7-12/h8H,2-7,13H2,1H3,(H,14,18)(H,16,17). The molecular weight excluding hydrogens is 252 g/mol. The van der Waals surface area contributed by atoms with E-state index in [1.54, 1.807) is 0 Å². The van der Waals surface area contributed by atoms with Crippen molar-refractivity contribution in [2.45, 2.75) is 50.1 Å². The SMILES string of the molecule is COC(=O)CCC(NC(=O)C1(N)CCCC1)C(=O)O. The van der Waals surface area contributed by atoms with E-state index < -0.39 is 29.4 Å². The van der Waals surface area contributed by atoms with Crippen LogP contribution in [0.25, 0.3) is 0 Å². The van der Waals surface area contributed by atoms with Gasteiger partial charge in [-0.2, -0.15) is 0 Å². The highest BCUT2D eigenvalue weighted by Crippen LogP contribution is 2.27. The van der Waals surface area contributed by atoms with E-state index in [0.29, 0.717) is 12.8 Å². The number of methoxy groups -OCH3 is 1. The second-order valence-corrected chi connectivity index (χ2v) is 4.84. The summed E-state index contributed by atoms with van der Waals surface area (Å²) in [4.78, 5) is 34.0. The summed E-state index contributed by atoms with van der Waals surface area (Å²) in [6, 6.07) is -1.12. The first-order valence-corrected chi connectivity index (χ1v) is 6.28. The van der Waals surface area contributed by atoms with Crippen LogP contribution in [-0.2, 0) is 19.1 Å². The lowest BCUT2D eigenvalue weighted by molar-refractivity contribution is -0.144. The lowest BCUT2D eigenvalue weighted by atomic mass is 9.97. The average Bonchev–Trinajstić information content (AvgIpc) is 2.81. The number of amides is 1. The summed E-state index contributed by atoms with van der Waals surface area (Å²) in [6.07, 6.45) is 2.77. The Morgan fingerprint density at radius 2 is 1.95 bits per heavy atom. The van der Waals surface area contributed by atoms with Gasteiger partial charge < -0.3 is 20.9 Å². The Kier molecular flexibility index (Phi) is 5.29. The van der Waals surface area contributed by atoms with Gasteiger partial charge in [0.05, 0.1) is 12.6 Å². The predicted octanol–water partition coefficient (Wildman–Crippen LogP) is -0.219. The summed E-state index contributed by atoms with van der Waals surface area (Å²) in [5.41, 5.74) is 4.96. The minimum absolute atomic E-state index is 0.0101. The fourth-order valence-electron chi connectivity index (χ4n) is 2.16. The summed E-state index contributed by atoms with van der Waals surface area (Å²) in [6.45, 7) is 0. The van der Waals surface area contributed by atoms with Gasteiger partial charge in [0, 0.05) is 6.42 Å². The van der Waals surface area contributed by atoms with Crippen molar-refractivity contribution in [3.05, 3.63) is 0 Å². The van der Waals surface area contributed by atoms with Crippen molar-refractivity contribution < 1.29 is 24.2 Å². The molecule has 0 spiro atoms. The second kappa shape index (κ2) is 6.51. The molecule has 1 unspecified atom stereocenters. The molecule has 0 heterocycles. The predicted molar refractivity (Wildman–Crippen MR) is 66.2 cm³/mol. The molecule has 108 valence electrons. The molecule has 7 nitrogen and oxygen atoms in total. The summed E-state index contributed by atoms with van der Waals surface area (Å²) >= 11 is 0. The Balaban J connectivity index is 2.55. The minimum Gasteiger partial charge on any atom is -0.480 e. The summed E-state index contributed by atoms with van der Waals surface area (Å²) < 4.78 is 4.44. The molecule has 0 aromatic carbocycles. The fraction of sp³-hybridized carbons (Fsp3) is 0.750. The number of carboxylic acids is 1. The van der Waals surface area contributed by atoms with Gasteiger partial charge in [-0.1, -0.05) is 12.8 Å². The largest absolute Gasteiger partial charge is 0.480 e. The maximum atomic E-state index is 12.0. The van der Waals surface area contributed by atoms with Gasteiger partial charge in [0.1, 0.15) is 6.04 Å². The molecule has 7 heteroatoms. The van der Waals surface area contributed by atoms with Crippen molar-refractivity contribution in [3.63, 3.8) is 0 Å². The number of nitrogens with one attached hydrogen (secondary N) is 1. The van der Waals surface area contributed by atoms with Gasteiger partial charge in [0.2, 0.25) is 5.91 Å². The monoisotopic (exact) mass is 272 g/mol. The molecule has 1 aliphatic rings. The van der Waals surface area contributed by atoms with Crippen LogP contribution in [0.4, 0.5) is 0 Å². The van der Waals surface area contributed by atoms with E-state index in [-0.39, 0.29) is 12.8 Å². The van der Waals surface area contributed by atoms with Crippen LogP contribution in [0.15, 0.2) is 0 Å². The quantitative estimate of drug-likeness (QED) is 0.575. The maximum Gasteiger partial charge on any atom is 0.326 e. The molecule has 1 saturated carbocycles. The molecule has 0 saturated heterocycles. The maximum absolute atomic E-state index is 12.0. The van der Waals surface area contributed by atoms with Gasteiger partial charge in [-0.05, 0) is 19.3 Å². The Labute approximate surface area is 111 Å².